The molecule has 3 heteroatoms. The van der Waals surface area contributed by atoms with Gasteiger partial charge in [-0.2, -0.15) is 5.26 Å². The summed E-state index contributed by atoms with van der Waals surface area (Å²) in [5.41, 5.74) is 1.21. The number of halogens is 1. The molecule has 92 valence electrons. The first kappa shape index (κ1) is 13.9. The summed E-state index contributed by atoms with van der Waals surface area (Å²) in [4.78, 5) is 0. The van der Waals surface area contributed by atoms with Crippen LogP contribution >= 0.6 is 11.6 Å². The third-order valence-corrected chi connectivity index (χ3v) is 2.72. The molecule has 0 bridgehead atoms. The van der Waals surface area contributed by atoms with Crippen molar-refractivity contribution in [3.8, 4) is 11.8 Å². The van der Waals surface area contributed by atoms with Crippen molar-refractivity contribution in [3.05, 3.63) is 28.8 Å². The van der Waals surface area contributed by atoms with Gasteiger partial charge in [0.05, 0.1) is 12.7 Å². The second-order valence-electron chi connectivity index (χ2n) is 3.97. The van der Waals surface area contributed by atoms with Crippen LogP contribution in [0.3, 0.4) is 0 Å². The molecule has 0 radical (unpaired) electrons. The van der Waals surface area contributed by atoms with Crippen LogP contribution < -0.4 is 4.74 Å². The molecular formula is C14H18ClNO. The zero-order valence-electron chi connectivity index (χ0n) is 10.2. The molecule has 0 saturated carbocycles. The van der Waals surface area contributed by atoms with E-state index < -0.39 is 0 Å². The summed E-state index contributed by atoms with van der Waals surface area (Å²) in [7, 11) is 0. The van der Waals surface area contributed by atoms with Crippen molar-refractivity contribution < 1.29 is 4.74 Å². The zero-order valence-corrected chi connectivity index (χ0v) is 11.0. The van der Waals surface area contributed by atoms with Gasteiger partial charge in [-0.1, -0.05) is 31.0 Å². The van der Waals surface area contributed by atoms with Gasteiger partial charge in [-0.25, -0.2) is 0 Å². The highest BCUT2D eigenvalue weighted by atomic mass is 35.5. The number of rotatable bonds is 7. The molecular weight excluding hydrogens is 234 g/mol. The molecule has 2 nitrogen and oxygen atoms in total. The van der Waals surface area contributed by atoms with Gasteiger partial charge in [0.2, 0.25) is 0 Å². The second-order valence-corrected chi connectivity index (χ2v) is 4.40. The lowest BCUT2D eigenvalue weighted by Gasteiger charge is -2.11. The highest BCUT2D eigenvalue weighted by Crippen LogP contribution is 2.24. The number of hydrogen-bond donors (Lipinski definition) is 0. The van der Waals surface area contributed by atoms with Crippen molar-refractivity contribution in [1.29, 1.82) is 5.26 Å². The maximum Gasteiger partial charge on any atom is 0.123 e. The number of aryl methyl sites for hydroxylation is 1. The Morgan fingerprint density at radius 3 is 2.88 bits per heavy atom. The Balaban J connectivity index is 2.50. The lowest BCUT2D eigenvalue weighted by Crippen LogP contribution is -2.00. The minimum Gasteiger partial charge on any atom is -0.493 e. The van der Waals surface area contributed by atoms with E-state index in [9.17, 15) is 0 Å². The molecule has 0 aliphatic rings. The minimum atomic E-state index is 0.598. The Morgan fingerprint density at radius 2 is 2.18 bits per heavy atom. The number of unbranched alkanes of at least 4 members (excludes halogenated alkanes) is 2. The van der Waals surface area contributed by atoms with Gasteiger partial charge in [0.1, 0.15) is 5.75 Å². The summed E-state index contributed by atoms with van der Waals surface area (Å²) in [6, 6.07) is 7.92. The van der Waals surface area contributed by atoms with E-state index in [1.54, 1.807) is 0 Å². The highest BCUT2D eigenvalue weighted by Gasteiger charge is 2.04. The number of hydrogen-bond acceptors (Lipinski definition) is 2. The van der Waals surface area contributed by atoms with Crippen molar-refractivity contribution in [2.75, 3.05) is 6.61 Å². The summed E-state index contributed by atoms with van der Waals surface area (Å²) >= 11 is 5.96. The Labute approximate surface area is 108 Å². The van der Waals surface area contributed by atoms with E-state index in [0.717, 1.165) is 31.4 Å². The topological polar surface area (TPSA) is 33.0 Å². The van der Waals surface area contributed by atoms with Crippen LogP contribution in [0.2, 0.25) is 5.02 Å². The molecule has 1 rings (SSSR count). The molecule has 1 aromatic rings. The van der Waals surface area contributed by atoms with Crippen LogP contribution in [0.25, 0.3) is 0 Å². The predicted octanol–water partition coefficient (Wildman–Crippen LogP) is 4.37. The van der Waals surface area contributed by atoms with E-state index in [0.29, 0.717) is 18.1 Å². The first-order valence-corrected chi connectivity index (χ1v) is 6.44. The van der Waals surface area contributed by atoms with E-state index >= 15 is 0 Å². The molecule has 0 spiro atoms. The molecule has 0 atom stereocenters. The maximum atomic E-state index is 8.42. The lowest BCUT2D eigenvalue weighted by molar-refractivity contribution is 0.304. The van der Waals surface area contributed by atoms with Gasteiger partial charge >= 0.3 is 0 Å². The van der Waals surface area contributed by atoms with Crippen molar-refractivity contribution in [2.45, 2.75) is 39.0 Å². The van der Waals surface area contributed by atoms with Gasteiger partial charge in [-0.15, -0.1) is 0 Å². The molecule has 0 saturated heterocycles. The van der Waals surface area contributed by atoms with Crippen LogP contribution in [0, 0.1) is 11.3 Å². The molecule has 0 heterocycles. The Morgan fingerprint density at radius 1 is 1.35 bits per heavy atom. The van der Waals surface area contributed by atoms with Gasteiger partial charge in [-0.05, 0) is 37.0 Å². The lowest BCUT2D eigenvalue weighted by atomic mass is 10.1. The number of ether oxygens (including phenoxy) is 1. The molecule has 1 aromatic carbocycles. The Bertz CT molecular complexity index is 384. The van der Waals surface area contributed by atoms with Gasteiger partial charge in [0, 0.05) is 11.4 Å². The zero-order chi connectivity index (χ0) is 12.5. The molecule has 0 N–H and O–H groups in total. The summed E-state index contributed by atoms with van der Waals surface area (Å²) in [6.45, 7) is 2.80. The summed E-state index contributed by atoms with van der Waals surface area (Å²) in [6.07, 6.45) is 4.49. The van der Waals surface area contributed by atoms with E-state index in [1.807, 2.05) is 18.2 Å². The van der Waals surface area contributed by atoms with Crippen molar-refractivity contribution in [3.63, 3.8) is 0 Å². The first-order valence-electron chi connectivity index (χ1n) is 6.06. The minimum absolute atomic E-state index is 0.598. The van der Waals surface area contributed by atoms with Crippen LogP contribution in [-0.2, 0) is 6.42 Å². The van der Waals surface area contributed by atoms with Crippen molar-refractivity contribution in [2.24, 2.45) is 0 Å². The van der Waals surface area contributed by atoms with Gasteiger partial charge < -0.3 is 4.74 Å². The van der Waals surface area contributed by atoms with Crippen molar-refractivity contribution >= 4 is 11.6 Å². The first-order chi connectivity index (χ1) is 8.27. The molecule has 0 amide bonds. The smallest absolute Gasteiger partial charge is 0.123 e. The number of nitriles is 1. The molecule has 0 aliphatic heterocycles. The normalized spacial score (nSPS) is 9.94. The van der Waals surface area contributed by atoms with Gasteiger partial charge in [0.25, 0.3) is 0 Å². The second kappa shape index (κ2) is 7.97. The third-order valence-electron chi connectivity index (χ3n) is 2.49. The van der Waals surface area contributed by atoms with E-state index in [4.69, 9.17) is 21.6 Å². The van der Waals surface area contributed by atoms with E-state index in [-0.39, 0.29) is 0 Å². The third kappa shape index (κ3) is 5.10. The fourth-order valence-corrected chi connectivity index (χ4v) is 1.79. The van der Waals surface area contributed by atoms with Gasteiger partial charge in [-0.3, -0.25) is 0 Å². The number of benzene rings is 1. The predicted molar refractivity (Wildman–Crippen MR) is 70.4 cm³/mol. The average Bonchev–Trinajstić information content (AvgIpc) is 2.32. The standard InChI is InChI=1S/C14H18ClNO/c1-2-6-12-7-8-13(15)11-14(12)17-10-5-3-4-9-16/h7-8,11H,2-6,10H2,1H3. The fraction of sp³-hybridized carbons (Fsp3) is 0.500. The quantitative estimate of drug-likeness (QED) is 0.675. The molecule has 0 fully saturated rings. The van der Waals surface area contributed by atoms with Crippen LogP contribution in [0.15, 0.2) is 18.2 Å². The Kier molecular flexibility index (Phi) is 6.50. The number of nitrogens with zero attached hydrogens (tertiary/aromatic N) is 1. The molecule has 0 aromatic heterocycles. The summed E-state index contributed by atoms with van der Waals surface area (Å²) in [5, 5.41) is 9.13. The molecule has 0 unspecified atom stereocenters. The largest absolute Gasteiger partial charge is 0.493 e. The van der Waals surface area contributed by atoms with Crippen LogP contribution in [0.5, 0.6) is 5.75 Å². The Hall–Kier alpha value is -1.20. The fourth-order valence-electron chi connectivity index (χ4n) is 1.63. The van der Waals surface area contributed by atoms with Crippen LogP contribution in [0.4, 0.5) is 0 Å². The van der Waals surface area contributed by atoms with E-state index in [2.05, 4.69) is 13.0 Å². The maximum absolute atomic E-state index is 8.42. The van der Waals surface area contributed by atoms with E-state index in [1.165, 1.54) is 5.56 Å². The van der Waals surface area contributed by atoms with Crippen LogP contribution in [-0.4, -0.2) is 6.61 Å². The average molecular weight is 252 g/mol. The van der Waals surface area contributed by atoms with Crippen LogP contribution in [0.1, 0.15) is 38.2 Å². The van der Waals surface area contributed by atoms with Gasteiger partial charge in [0.15, 0.2) is 0 Å². The molecule has 17 heavy (non-hydrogen) atoms. The summed E-state index contributed by atoms with van der Waals surface area (Å²) < 4.78 is 5.72. The highest BCUT2D eigenvalue weighted by molar-refractivity contribution is 6.30. The summed E-state index contributed by atoms with van der Waals surface area (Å²) in [5.74, 6) is 0.885. The monoisotopic (exact) mass is 251 g/mol. The van der Waals surface area contributed by atoms with Crippen molar-refractivity contribution in [1.82, 2.24) is 0 Å². The SMILES string of the molecule is CCCc1ccc(Cl)cc1OCCCCC#N. The molecule has 0 aliphatic carbocycles.